The standard InChI is InChI=1S/2C9H9ClO3.Cu/c2*1-6-4-7(10)2-3-8(6)13-5-9(11)12;/h2*2-4H,5H2,1H3,(H,11,12);/q;;+2/p-2. The fourth-order valence-electron chi connectivity index (χ4n) is 1.82. The molecule has 0 unspecified atom stereocenters. The Hall–Kier alpha value is -1.92. The van der Waals surface area contributed by atoms with E-state index in [-0.39, 0.29) is 17.1 Å². The molecule has 0 atom stereocenters. The third-order valence-corrected chi connectivity index (χ3v) is 3.44. The van der Waals surface area contributed by atoms with Gasteiger partial charge in [0.2, 0.25) is 0 Å². The van der Waals surface area contributed by atoms with Gasteiger partial charge in [-0.05, 0) is 61.4 Å². The van der Waals surface area contributed by atoms with E-state index in [1.54, 1.807) is 50.2 Å². The number of rotatable bonds is 6. The van der Waals surface area contributed by atoms with Gasteiger partial charge in [-0.15, -0.1) is 0 Å². The number of hydrogen-bond donors (Lipinski definition) is 0. The molecule has 149 valence electrons. The van der Waals surface area contributed by atoms with E-state index in [0.717, 1.165) is 11.1 Å². The van der Waals surface area contributed by atoms with Crippen molar-refractivity contribution >= 4 is 35.1 Å². The third kappa shape index (κ3) is 10.1. The van der Waals surface area contributed by atoms with Crippen LogP contribution >= 0.6 is 23.2 Å². The van der Waals surface area contributed by atoms with Crippen molar-refractivity contribution in [2.45, 2.75) is 13.8 Å². The second kappa shape index (κ2) is 12.5. The number of carbonyl (C=O) groups is 2. The summed E-state index contributed by atoms with van der Waals surface area (Å²) < 4.78 is 9.87. The van der Waals surface area contributed by atoms with Crippen molar-refractivity contribution in [2.75, 3.05) is 13.2 Å². The summed E-state index contributed by atoms with van der Waals surface area (Å²) in [7, 11) is 0. The van der Waals surface area contributed by atoms with Gasteiger partial charge in [0.05, 0.1) is 11.9 Å². The third-order valence-electron chi connectivity index (χ3n) is 2.97. The molecule has 1 radical (unpaired) electrons. The number of carbonyl (C=O) groups excluding carboxylic acids is 2. The SMILES string of the molecule is Cc1cc(Cl)ccc1OCC(=O)[O-].Cc1cc(Cl)ccc1OCC(=O)[O-].[Cu+2]. The minimum atomic E-state index is -1.24. The zero-order valence-electron chi connectivity index (χ0n) is 14.4. The molecule has 0 aliphatic heterocycles. The average molecular weight is 463 g/mol. The zero-order valence-corrected chi connectivity index (χ0v) is 16.8. The van der Waals surface area contributed by atoms with Crippen molar-refractivity contribution < 1.29 is 46.3 Å². The smallest absolute Gasteiger partial charge is 0.546 e. The van der Waals surface area contributed by atoms with E-state index < -0.39 is 25.2 Å². The molecule has 0 saturated carbocycles. The number of carboxylic acid groups (broad SMARTS) is 2. The number of carboxylic acids is 2. The molecule has 6 nitrogen and oxygen atoms in total. The number of ether oxygens (including phenoxy) is 2. The number of aryl methyl sites for hydroxylation is 2. The molecule has 0 spiro atoms. The first-order valence-corrected chi connectivity index (χ1v) is 8.12. The Labute approximate surface area is 177 Å². The summed E-state index contributed by atoms with van der Waals surface area (Å²) >= 11 is 11.4. The van der Waals surface area contributed by atoms with Crippen LogP contribution in [0.15, 0.2) is 36.4 Å². The van der Waals surface area contributed by atoms with Crippen LogP contribution in [-0.4, -0.2) is 25.2 Å². The molecule has 0 aliphatic rings. The molecule has 27 heavy (non-hydrogen) atoms. The Morgan fingerprint density at radius 3 is 1.41 bits per heavy atom. The predicted octanol–water partition coefficient (Wildman–Crippen LogP) is 1.55. The van der Waals surface area contributed by atoms with Gasteiger partial charge in [0.15, 0.2) is 0 Å². The van der Waals surface area contributed by atoms with Crippen molar-refractivity contribution in [2.24, 2.45) is 0 Å². The summed E-state index contributed by atoms with van der Waals surface area (Å²) in [6, 6.07) is 9.93. The summed E-state index contributed by atoms with van der Waals surface area (Å²) in [4.78, 5) is 20.2. The van der Waals surface area contributed by atoms with Gasteiger partial charge in [-0.1, -0.05) is 23.2 Å². The van der Waals surface area contributed by atoms with Crippen molar-refractivity contribution in [3.63, 3.8) is 0 Å². The molecule has 0 aromatic heterocycles. The van der Waals surface area contributed by atoms with Crippen LogP contribution in [-0.2, 0) is 26.7 Å². The number of halogens is 2. The number of hydrogen-bond acceptors (Lipinski definition) is 6. The molecule has 2 rings (SSSR count). The minimum absolute atomic E-state index is 0. The average Bonchev–Trinajstić information content (AvgIpc) is 2.53. The molecular weight excluding hydrogens is 447 g/mol. The molecule has 2 aromatic rings. The van der Waals surface area contributed by atoms with Crippen LogP contribution < -0.4 is 19.7 Å². The largest absolute Gasteiger partial charge is 2.00 e. The van der Waals surface area contributed by atoms with Gasteiger partial charge in [-0.3, -0.25) is 0 Å². The van der Waals surface area contributed by atoms with Crippen molar-refractivity contribution in [1.82, 2.24) is 0 Å². The summed E-state index contributed by atoms with van der Waals surface area (Å²) in [5.41, 5.74) is 1.60. The van der Waals surface area contributed by atoms with Crippen molar-refractivity contribution in [3.8, 4) is 11.5 Å². The summed E-state index contributed by atoms with van der Waals surface area (Å²) in [5, 5.41) is 21.4. The van der Waals surface area contributed by atoms with Gasteiger partial charge in [-0.25, -0.2) is 0 Å². The van der Waals surface area contributed by atoms with Crippen molar-refractivity contribution in [3.05, 3.63) is 57.6 Å². The van der Waals surface area contributed by atoms with Crippen LogP contribution in [0.1, 0.15) is 11.1 Å². The first-order chi connectivity index (χ1) is 12.2. The Morgan fingerprint density at radius 2 is 1.15 bits per heavy atom. The molecule has 0 fully saturated rings. The molecule has 0 aliphatic carbocycles. The van der Waals surface area contributed by atoms with Crippen LogP contribution in [0.5, 0.6) is 11.5 Å². The van der Waals surface area contributed by atoms with Crippen LogP contribution in [0.2, 0.25) is 10.0 Å². The van der Waals surface area contributed by atoms with Crippen LogP contribution in [0.4, 0.5) is 0 Å². The minimum Gasteiger partial charge on any atom is -0.546 e. The molecule has 2 aromatic carbocycles. The molecular formula is C18H16Cl2CuO6. The molecule has 9 heteroatoms. The van der Waals surface area contributed by atoms with Gasteiger partial charge >= 0.3 is 17.1 Å². The van der Waals surface area contributed by atoms with Gasteiger partial charge in [0.1, 0.15) is 24.7 Å². The maximum Gasteiger partial charge on any atom is 2.00 e. The fraction of sp³-hybridized carbons (Fsp3) is 0.222. The molecule has 0 bridgehead atoms. The van der Waals surface area contributed by atoms with Gasteiger partial charge < -0.3 is 29.3 Å². The maximum atomic E-state index is 10.1. The Bertz CT molecular complexity index is 717. The Kier molecular flexibility index (Phi) is 11.6. The summed E-state index contributed by atoms with van der Waals surface area (Å²) in [6.07, 6.45) is 0. The fourth-order valence-corrected chi connectivity index (χ4v) is 2.28. The second-order valence-electron chi connectivity index (χ2n) is 5.14. The topological polar surface area (TPSA) is 98.7 Å². The van der Waals surface area contributed by atoms with E-state index in [1.807, 2.05) is 0 Å². The Balaban J connectivity index is 0.000000483. The van der Waals surface area contributed by atoms with Crippen LogP contribution in [0, 0.1) is 13.8 Å². The first-order valence-electron chi connectivity index (χ1n) is 7.36. The van der Waals surface area contributed by atoms with E-state index in [9.17, 15) is 19.8 Å². The zero-order chi connectivity index (χ0) is 19.7. The monoisotopic (exact) mass is 461 g/mol. The van der Waals surface area contributed by atoms with E-state index in [0.29, 0.717) is 21.5 Å². The number of aliphatic carboxylic acids is 2. The first kappa shape index (κ1) is 25.1. The molecule has 0 saturated heterocycles. The van der Waals surface area contributed by atoms with E-state index in [2.05, 4.69) is 0 Å². The van der Waals surface area contributed by atoms with Gasteiger partial charge in [0, 0.05) is 10.0 Å². The van der Waals surface area contributed by atoms with E-state index in [4.69, 9.17) is 32.7 Å². The van der Waals surface area contributed by atoms with Gasteiger partial charge in [-0.2, -0.15) is 0 Å². The van der Waals surface area contributed by atoms with E-state index in [1.165, 1.54) is 0 Å². The molecule has 0 N–H and O–H groups in total. The normalized spacial score (nSPS) is 9.33. The van der Waals surface area contributed by atoms with Crippen LogP contribution in [0.25, 0.3) is 0 Å². The summed E-state index contributed by atoms with van der Waals surface area (Å²) in [5.74, 6) is -1.47. The Morgan fingerprint density at radius 1 is 0.815 bits per heavy atom. The quantitative estimate of drug-likeness (QED) is 0.604. The van der Waals surface area contributed by atoms with E-state index >= 15 is 0 Å². The number of benzene rings is 2. The molecule has 0 amide bonds. The maximum absolute atomic E-state index is 10.1. The second-order valence-corrected chi connectivity index (χ2v) is 6.01. The summed E-state index contributed by atoms with van der Waals surface area (Å²) in [6.45, 7) is 2.69. The van der Waals surface area contributed by atoms with Gasteiger partial charge in [0.25, 0.3) is 0 Å². The molecule has 0 heterocycles. The van der Waals surface area contributed by atoms with Crippen LogP contribution in [0.3, 0.4) is 0 Å². The van der Waals surface area contributed by atoms with Crippen molar-refractivity contribution in [1.29, 1.82) is 0 Å². The predicted molar refractivity (Wildman–Crippen MR) is 93.4 cm³/mol.